The molecule has 0 radical (unpaired) electrons. The van der Waals surface area contributed by atoms with Crippen molar-refractivity contribution in [3.8, 4) is 17.7 Å². The van der Waals surface area contributed by atoms with Crippen LogP contribution in [0, 0.1) is 17.1 Å². The lowest BCUT2D eigenvalue weighted by molar-refractivity contribution is -0.130. The number of anilines is 1. The summed E-state index contributed by atoms with van der Waals surface area (Å²) in [4.78, 5) is 36.2. The van der Waals surface area contributed by atoms with Gasteiger partial charge in [0.05, 0.1) is 17.2 Å². The van der Waals surface area contributed by atoms with Gasteiger partial charge in [-0.1, -0.05) is 18.2 Å². The van der Waals surface area contributed by atoms with Gasteiger partial charge in [-0.05, 0) is 68.2 Å². The average molecular weight is 599 g/mol. The first-order chi connectivity index (χ1) is 21.2. The van der Waals surface area contributed by atoms with Crippen LogP contribution in [0.5, 0.6) is 11.6 Å². The van der Waals surface area contributed by atoms with Crippen LogP contribution in [0.15, 0.2) is 59.9 Å². The number of hydrogen-bond donors (Lipinski definition) is 1. The van der Waals surface area contributed by atoms with Gasteiger partial charge in [0.2, 0.25) is 5.91 Å². The first kappa shape index (κ1) is 30.6. The van der Waals surface area contributed by atoms with E-state index in [1.807, 2.05) is 37.8 Å². The molecule has 0 saturated heterocycles. The Morgan fingerprint density at radius 1 is 1.14 bits per heavy atom. The molecular formula is C32H35FN8O3. The number of rotatable bonds is 10. The molecule has 2 amide bonds. The summed E-state index contributed by atoms with van der Waals surface area (Å²) in [6.45, 7) is 8.11. The van der Waals surface area contributed by atoms with Crippen LogP contribution in [0.4, 0.5) is 10.2 Å². The third-order valence-corrected chi connectivity index (χ3v) is 7.91. The molecule has 2 aromatic carbocycles. The van der Waals surface area contributed by atoms with Crippen molar-refractivity contribution in [1.29, 1.82) is 5.26 Å². The van der Waals surface area contributed by atoms with Gasteiger partial charge in [0.15, 0.2) is 5.82 Å². The highest BCUT2D eigenvalue weighted by atomic mass is 19.1. The molecule has 228 valence electrons. The second-order valence-electron chi connectivity index (χ2n) is 11.3. The molecule has 3 heterocycles. The summed E-state index contributed by atoms with van der Waals surface area (Å²) in [5.41, 5.74) is 10.0. The molecule has 1 aromatic heterocycles. The van der Waals surface area contributed by atoms with Gasteiger partial charge in [0, 0.05) is 51.2 Å². The molecule has 1 atom stereocenters. The van der Waals surface area contributed by atoms with E-state index in [1.165, 1.54) is 18.5 Å². The molecule has 44 heavy (non-hydrogen) atoms. The number of ether oxygens (including phenoxy) is 1. The maximum absolute atomic E-state index is 14.2. The fourth-order valence-electron chi connectivity index (χ4n) is 5.72. The van der Waals surface area contributed by atoms with Gasteiger partial charge < -0.3 is 25.2 Å². The minimum Gasteiger partial charge on any atom is -0.434 e. The largest absolute Gasteiger partial charge is 0.434 e. The topological polar surface area (TPSA) is 142 Å². The lowest BCUT2D eigenvalue weighted by Crippen LogP contribution is -2.38. The fourth-order valence-corrected chi connectivity index (χ4v) is 5.72. The minimum atomic E-state index is -0.551. The minimum absolute atomic E-state index is 0.0309. The zero-order valence-electron chi connectivity index (χ0n) is 25.0. The van der Waals surface area contributed by atoms with Crippen molar-refractivity contribution < 1.29 is 18.7 Å². The molecule has 11 nitrogen and oxygen atoms in total. The van der Waals surface area contributed by atoms with E-state index < -0.39 is 11.9 Å². The number of amides is 2. The maximum Gasteiger partial charge on any atom is 0.282 e. The predicted molar refractivity (Wildman–Crippen MR) is 161 cm³/mol. The van der Waals surface area contributed by atoms with Crippen molar-refractivity contribution in [2.75, 3.05) is 37.6 Å². The van der Waals surface area contributed by atoms with E-state index in [0.717, 1.165) is 22.8 Å². The van der Waals surface area contributed by atoms with E-state index in [9.17, 15) is 19.2 Å². The molecule has 5 rings (SSSR count). The Hall–Kier alpha value is -4.89. The van der Waals surface area contributed by atoms with Crippen molar-refractivity contribution in [2.24, 2.45) is 5.73 Å². The standard InChI is InChI=1S/C32H35FN8O3/c1-4-41(20(2)3)32(43)27-12-25(33)9-10-28(27)44-31-30(36-19-37-38-31)40-17-23-15-39(16-24(23)18-40)29(42)13-26(35)11-21-7-5-6-8-22(21)14-34/h5-10,12,19-20,26H,4,11,13,15-18,35H2,1-3H3/t26-/m1/s1. The van der Waals surface area contributed by atoms with E-state index in [0.29, 0.717) is 50.5 Å². The lowest BCUT2D eigenvalue weighted by Gasteiger charge is -2.26. The summed E-state index contributed by atoms with van der Waals surface area (Å²) in [7, 11) is 0. The summed E-state index contributed by atoms with van der Waals surface area (Å²) in [6, 6.07) is 12.8. The van der Waals surface area contributed by atoms with Gasteiger partial charge in [-0.15, -0.1) is 10.2 Å². The number of carbonyl (C=O) groups is 2. The molecule has 0 bridgehead atoms. The molecule has 2 aliphatic heterocycles. The zero-order chi connectivity index (χ0) is 31.4. The van der Waals surface area contributed by atoms with Crippen molar-refractivity contribution in [3.05, 3.63) is 82.4 Å². The van der Waals surface area contributed by atoms with Crippen molar-refractivity contribution in [2.45, 2.75) is 45.7 Å². The molecule has 0 spiro atoms. The van der Waals surface area contributed by atoms with E-state index in [4.69, 9.17) is 10.5 Å². The van der Waals surface area contributed by atoms with Gasteiger partial charge in [-0.3, -0.25) is 9.59 Å². The summed E-state index contributed by atoms with van der Waals surface area (Å²) < 4.78 is 20.3. The first-order valence-corrected chi connectivity index (χ1v) is 14.6. The third kappa shape index (κ3) is 6.53. The van der Waals surface area contributed by atoms with Crippen molar-refractivity contribution >= 4 is 17.6 Å². The van der Waals surface area contributed by atoms with E-state index in [1.54, 1.807) is 21.9 Å². The number of nitrogens with zero attached hydrogens (tertiary/aromatic N) is 7. The highest BCUT2D eigenvalue weighted by Crippen LogP contribution is 2.35. The van der Waals surface area contributed by atoms with Crippen LogP contribution < -0.4 is 15.4 Å². The van der Waals surface area contributed by atoms with Crippen LogP contribution in [-0.4, -0.2) is 81.6 Å². The van der Waals surface area contributed by atoms with Gasteiger partial charge in [-0.25, -0.2) is 9.37 Å². The highest BCUT2D eigenvalue weighted by Gasteiger charge is 2.35. The smallest absolute Gasteiger partial charge is 0.282 e. The number of carbonyl (C=O) groups excluding carboxylic acids is 2. The third-order valence-electron chi connectivity index (χ3n) is 7.91. The highest BCUT2D eigenvalue weighted by molar-refractivity contribution is 5.97. The van der Waals surface area contributed by atoms with Gasteiger partial charge >= 0.3 is 0 Å². The molecule has 2 N–H and O–H groups in total. The molecule has 3 aromatic rings. The van der Waals surface area contributed by atoms with Crippen molar-refractivity contribution in [1.82, 2.24) is 25.0 Å². The Labute approximate surface area is 255 Å². The van der Waals surface area contributed by atoms with Crippen LogP contribution in [0.1, 0.15) is 48.7 Å². The quantitative estimate of drug-likeness (QED) is 0.347. The van der Waals surface area contributed by atoms with E-state index in [-0.39, 0.29) is 41.5 Å². The molecule has 2 aliphatic rings. The molecule has 0 saturated carbocycles. The second-order valence-corrected chi connectivity index (χ2v) is 11.3. The van der Waals surface area contributed by atoms with Crippen molar-refractivity contribution in [3.63, 3.8) is 0 Å². The Morgan fingerprint density at radius 3 is 2.55 bits per heavy atom. The van der Waals surface area contributed by atoms with Gasteiger partial charge in [0.25, 0.3) is 11.8 Å². The lowest BCUT2D eigenvalue weighted by atomic mass is 9.99. The number of benzene rings is 2. The predicted octanol–water partition coefficient (Wildman–Crippen LogP) is 3.46. The zero-order valence-corrected chi connectivity index (χ0v) is 25.0. The SMILES string of the molecule is CCN(C(=O)c1cc(F)ccc1Oc1nncnc1N1CC2=C(CN(C(=O)C[C@H](N)Cc3ccccc3C#N)C2)C1)C(C)C. The molecular weight excluding hydrogens is 563 g/mol. The number of hydrogen-bond acceptors (Lipinski definition) is 9. The van der Waals surface area contributed by atoms with Crippen LogP contribution in [0.25, 0.3) is 0 Å². The van der Waals surface area contributed by atoms with Crippen LogP contribution in [0.2, 0.25) is 0 Å². The van der Waals surface area contributed by atoms with E-state index >= 15 is 0 Å². The molecule has 0 aliphatic carbocycles. The Morgan fingerprint density at radius 2 is 1.86 bits per heavy atom. The fraction of sp³-hybridized carbons (Fsp3) is 0.375. The summed E-state index contributed by atoms with van der Waals surface area (Å²) in [6.07, 6.45) is 1.95. The number of halogens is 1. The van der Waals surface area contributed by atoms with E-state index in [2.05, 4.69) is 21.3 Å². The first-order valence-electron chi connectivity index (χ1n) is 14.6. The maximum atomic E-state index is 14.2. The summed E-state index contributed by atoms with van der Waals surface area (Å²) >= 11 is 0. The Balaban J connectivity index is 1.24. The van der Waals surface area contributed by atoms with Gasteiger partial charge in [-0.2, -0.15) is 5.26 Å². The normalized spacial score (nSPS) is 14.9. The number of nitriles is 1. The average Bonchev–Trinajstić information content (AvgIpc) is 3.59. The monoisotopic (exact) mass is 598 g/mol. The Bertz CT molecular complexity index is 1620. The van der Waals surface area contributed by atoms with Crippen LogP contribution in [0.3, 0.4) is 0 Å². The summed E-state index contributed by atoms with van der Waals surface area (Å²) in [5.74, 6) is -0.245. The number of nitrogens with two attached hydrogens (primary N) is 1. The second kappa shape index (κ2) is 13.2. The molecule has 12 heteroatoms. The number of aromatic nitrogens is 3. The Kier molecular flexibility index (Phi) is 9.15. The van der Waals surface area contributed by atoms with Gasteiger partial charge in [0.1, 0.15) is 17.9 Å². The molecule has 0 fully saturated rings. The molecule has 0 unspecified atom stereocenters. The summed E-state index contributed by atoms with van der Waals surface area (Å²) in [5, 5.41) is 17.4. The van der Waals surface area contributed by atoms with Crippen LogP contribution in [-0.2, 0) is 11.2 Å². The van der Waals surface area contributed by atoms with Crippen LogP contribution >= 0.6 is 0 Å².